The molecule has 1 aromatic heterocycles. The summed E-state index contributed by atoms with van der Waals surface area (Å²) in [6.45, 7) is 4.55. The van der Waals surface area contributed by atoms with Gasteiger partial charge in [-0.05, 0) is 58.3 Å². The average Bonchev–Trinajstić information content (AvgIpc) is 3.10. The number of piperidine rings is 1. The van der Waals surface area contributed by atoms with E-state index in [0.29, 0.717) is 6.04 Å². The SMILES string of the molecule is Cc1nc2c(c(NC3CCN(C4CCCC4)CC3)n1)CCCC2. The van der Waals surface area contributed by atoms with Crippen LogP contribution < -0.4 is 5.32 Å². The van der Waals surface area contributed by atoms with E-state index in [1.807, 2.05) is 6.92 Å². The lowest BCUT2D eigenvalue weighted by molar-refractivity contribution is 0.159. The molecule has 0 atom stereocenters. The molecule has 4 nitrogen and oxygen atoms in total. The minimum absolute atomic E-state index is 0.591. The minimum atomic E-state index is 0.591. The predicted octanol–water partition coefficient (Wildman–Crippen LogP) is 3.48. The fourth-order valence-corrected chi connectivity index (χ4v) is 4.71. The highest BCUT2D eigenvalue weighted by Gasteiger charge is 2.28. The van der Waals surface area contributed by atoms with Crippen LogP contribution in [-0.2, 0) is 12.8 Å². The van der Waals surface area contributed by atoms with Crippen LogP contribution in [0.3, 0.4) is 0 Å². The summed E-state index contributed by atoms with van der Waals surface area (Å²) < 4.78 is 0. The van der Waals surface area contributed by atoms with Crippen molar-refractivity contribution in [1.82, 2.24) is 14.9 Å². The maximum atomic E-state index is 4.74. The Hall–Kier alpha value is -1.16. The Kier molecular flexibility index (Phi) is 4.52. The Bertz CT molecular complexity index is 543. The maximum absolute atomic E-state index is 4.74. The van der Waals surface area contributed by atoms with E-state index in [2.05, 4.69) is 15.2 Å². The van der Waals surface area contributed by atoms with Gasteiger partial charge in [-0.1, -0.05) is 12.8 Å². The van der Waals surface area contributed by atoms with E-state index in [1.54, 1.807) is 0 Å². The number of rotatable bonds is 3. The van der Waals surface area contributed by atoms with Crippen LogP contribution in [0.4, 0.5) is 5.82 Å². The van der Waals surface area contributed by atoms with Crippen LogP contribution in [0, 0.1) is 6.92 Å². The summed E-state index contributed by atoms with van der Waals surface area (Å²) in [6.07, 6.45) is 13.1. The molecule has 126 valence electrons. The molecule has 1 aliphatic heterocycles. The molecule has 0 amide bonds. The molecule has 0 aromatic carbocycles. The van der Waals surface area contributed by atoms with Crippen molar-refractivity contribution in [3.63, 3.8) is 0 Å². The van der Waals surface area contributed by atoms with Gasteiger partial charge < -0.3 is 10.2 Å². The number of likely N-dealkylation sites (tertiary alicyclic amines) is 1. The Labute approximate surface area is 140 Å². The summed E-state index contributed by atoms with van der Waals surface area (Å²) in [5, 5.41) is 3.78. The van der Waals surface area contributed by atoms with Crippen LogP contribution >= 0.6 is 0 Å². The van der Waals surface area contributed by atoms with E-state index in [-0.39, 0.29) is 0 Å². The molecule has 3 aliphatic rings. The lowest BCUT2D eigenvalue weighted by atomic mass is 9.95. The first kappa shape index (κ1) is 15.4. The normalized spacial score (nSPS) is 23.9. The summed E-state index contributed by atoms with van der Waals surface area (Å²) in [4.78, 5) is 12.2. The minimum Gasteiger partial charge on any atom is -0.367 e. The van der Waals surface area contributed by atoms with Crippen LogP contribution in [0.2, 0.25) is 0 Å². The Morgan fingerprint density at radius 2 is 1.65 bits per heavy atom. The predicted molar refractivity (Wildman–Crippen MR) is 93.9 cm³/mol. The van der Waals surface area contributed by atoms with Gasteiger partial charge in [0.05, 0.1) is 0 Å². The number of fused-ring (bicyclic) bond motifs is 1. The molecule has 1 N–H and O–H groups in total. The van der Waals surface area contributed by atoms with Gasteiger partial charge in [-0.2, -0.15) is 0 Å². The highest BCUT2D eigenvalue weighted by atomic mass is 15.2. The molecule has 0 spiro atoms. The molecule has 1 aromatic rings. The van der Waals surface area contributed by atoms with Crippen molar-refractivity contribution in [3.8, 4) is 0 Å². The third kappa shape index (κ3) is 3.37. The van der Waals surface area contributed by atoms with E-state index in [9.17, 15) is 0 Å². The highest BCUT2D eigenvalue weighted by Crippen LogP contribution is 2.29. The summed E-state index contributed by atoms with van der Waals surface area (Å²) in [5.74, 6) is 2.07. The number of anilines is 1. The largest absolute Gasteiger partial charge is 0.367 e. The van der Waals surface area contributed by atoms with Crippen LogP contribution in [0.5, 0.6) is 0 Å². The molecular weight excluding hydrogens is 284 g/mol. The van der Waals surface area contributed by atoms with Crippen LogP contribution in [0.1, 0.15) is 68.4 Å². The Morgan fingerprint density at radius 3 is 2.43 bits per heavy atom. The second-order valence-corrected chi connectivity index (χ2v) is 7.64. The maximum Gasteiger partial charge on any atom is 0.133 e. The smallest absolute Gasteiger partial charge is 0.133 e. The quantitative estimate of drug-likeness (QED) is 0.927. The first-order chi connectivity index (χ1) is 11.3. The number of hydrogen-bond acceptors (Lipinski definition) is 4. The molecule has 0 bridgehead atoms. The van der Waals surface area contributed by atoms with Crippen molar-refractivity contribution in [1.29, 1.82) is 0 Å². The van der Waals surface area contributed by atoms with Gasteiger partial charge in [0.25, 0.3) is 0 Å². The van der Waals surface area contributed by atoms with Gasteiger partial charge in [-0.15, -0.1) is 0 Å². The standard InChI is InChI=1S/C19H30N4/c1-14-20-18-9-5-4-8-17(18)19(21-14)22-15-10-12-23(13-11-15)16-6-2-3-7-16/h15-16H,2-13H2,1H3,(H,20,21,22). The number of nitrogens with one attached hydrogen (secondary N) is 1. The van der Waals surface area contributed by atoms with Gasteiger partial charge >= 0.3 is 0 Å². The zero-order valence-corrected chi connectivity index (χ0v) is 14.5. The van der Waals surface area contributed by atoms with Crippen molar-refractivity contribution in [3.05, 3.63) is 17.1 Å². The van der Waals surface area contributed by atoms with Crippen molar-refractivity contribution >= 4 is 5.82 Å². The van der Waals surface area contributed by atoms with Gasteiger partial charge in [0.1, 0.15) is 11.6 Å². The Balaban J connectivity index is 1.40. The van der Waals surface area contributed by atoms with Crippen molar-refractivity contribution in [2.45, 2.75) is 83.2 Å². The van der Waals surface area contributed by atoms with E-state index in [4.69, 9.17) is 4.98 Å². The first-order valence-corrected chi connectivity index (χ1v) is 9.66. The summed E-state index contributed by atoms with van der Waals surface area (Å²) in [6, 6.07) is 1.47. The average molecular weight is 314 g/mol. The molecule has 2 fully saturated rings. The van der Waals surface area contributed by atoms with E-state index >= 15 is 0 Å². The molecule has 1 saturated carbocycles. The molecule has 0 radical (unpaired) electrons. The summed E-state index contributed by atoms with van der Waals surface area (Å²) >= 11 is 0. The third-order valence-electron chi connectivity index (χ3n) is 6.01. The summed E-state index contributed by atoms with van der Waals surface area (Å²) in [7, 11) is 0. The highest BCUT2D eigenvalue weighted by molar-refractivity contribution is 5.48. The van der Waals surface area contributed by atoms with Gasteiger partial charge in [0.2, 0.25) is 0 Å². The monoisotopic (exact) mass is 314 g/mol. The molecule has 2 heterocycles. The topological polar surface area (TPSA) is 41.1 Å². The van der Waals surface area contributed by atoms with E-state index in [1.165, 1.54) is 75.7 Å². The number of hydrogen-bond donors (Lipinski definition) is 1. The first-order valence-electron chi connectivity index (χ1n) is 9.66. The van der Waals surface area contributed by atoms with Crippen molar-refractivity contribution in [2.24, 2.45) is 0 Å². The van der Waals surface area contributed by atoms with Crippen LogP contribution in [0.15, 0.2) is 0 Å². The van der Waals surface area contributed by atoms with Crippen molar-refractivity contribution < 1.29 is 0 Å². The zero-order valence-electron chi connectivity index (χ0n) is 14.5. The fourth-order valence-electron chi connectivity index (χ4n) is 4.71. The second-order valence-electron chi connectivity index (χ2n) is 7.64. The molecule has 0 unspecified atom stereocenters. The van der Waals surface area contributed by atoms with Gasteiger partial charge in [0, 0.05) is 36.4 Å². The van der Waals surface area contributed by atoms with Gasteiger partial charge in [-0.3, -0.25) is 0 Å². The Morgan fingerprint density at radius 1 is 0.913 bits per heavy atom. The number of nitrogens with zero attached hydrogens (tertiary/aromatic N) is 3. The second kappa shape index (κ2) is 6.76. The van der Waals surface area contributed by atoms with Crippen molar-refractivity contribution in [2.75, 3.05) is 18.4 Å². The lowest BCUT2D eigenvalue weighted by Crippen LogP contribution is -2.43. The molecule has 1 saturated heterocycles. The zero-order chi connectivity index (χ0) is 15.6. The molecule has 4 heteroatoms. The molecular formula is C19H30N4. The molecule has 2 aliphatic carbocycles. The molecule has 23 heavy (non-hydrogen) atoms. The molecule has 4 rings (SSSR count). The third-order valence-corrected chi connectivity index (χ3v) is 6.01. The fraction of sp³-hybridized carbons (Fsp3) is 0.789. The summed E-state index contributed by atoms with van der Waals surface area (Å²) in [5.41, 5.74) is 2.70. The van der Waals surface area contributed by atoms with Gasteiger partial charge in [-0.25, -0.2) is 9.97 Å². The number of aryl methyl sites for hydroxylation is 2. The van der Waals surface area contributed by atoms with Gasteiger partial charge in [0.15, 0.2) is 0 Å². The van der Waals surface area contributed by atoms with Crippen LogP contribution in [-0.4, -0.2) is 40.0 Å². The van der Waals surface area contributed by atoms with E-state index < -0.39 is 0 Å². The lowest BCUT2D eigenvalue weighted by Gasteiger charge is -2.36. The number of aromatic nitrogens is 2. The van der Waals surface area contributed by atoms with E-state index in [0.717, 1.165) is 30.5 Å². The van der Waals surface area contributed by atoms with Crippen LogP contribution in [0.25, 0.3) is 0 Å².